The first-order valence-electron chi connectivity index (χ1n) is 13.1. The van der Waals surface area contributed by atoms with Gasteiger partial charge in [-0.3, -0.25) is 14.4 Å². The number of carbonyl (C=O) groups excluding carboxylic acids is 2. The summed E-state index contributed by atoms with van der Waals surface area (Å²) in [6.07, 6.45) is 1.65. The van der Waals surface area contributed by atoms with E-state index in [1.807, 2.05) is 24.3 Å². The molecule has 5 aromatic rings. The van der Waals surface area contributed by atoms with E-state index < -0.39 is 35.2 Å². The molecule has 0 fully saturated rings. The van der Waals surface area contributed by atoms with Gasteiger partial charge in [0, 0.05) is 34.8 Å². The summed E-state index contributed by atoms with van der Waals surface area (Å²) in [6.45, 7) is 0. The Morgan fingerprint density at radius 2 is 1.55 bits per heavy atom. The van der Waals surface area contributed by atoms with Crippen molar-refractivity contribution in [2.75, 3.05) is 11.6 Å². The van der Waals surface area contributed by atoms with Crippen LogP contribution in [0.3, 0.4) is 0 Å². The van der Waals surface area contributed by atoms with Crippen molar-refractivity contribution < 1.29 is 19.5 Å². The fraction of sp³-hybridized carbons (Fsp3) is 0.167. The molecule has 0 saturated heterocycles. The molecule has 5 rings (SSSR count). The standard InChI is InChI=1S/C30H27N5O6S/c36-26(18-8-2-1-3-9-18)32-17-42-16-24(29(39)40)33-27(37)25(14-19-15-31-22-12-6-4-10-20(19)22)35-28(38)21-11-5-7-13-23(21)34-30(35)41/h1-13,15,24-25,31H,14,16-17H2,(H,32,36)(H,33,37)(H,34,41)(H,39,40). The summed E-state index contributed by atoms with van der Waals surface area (Å²) in [7, 11) is 0. The summed E-state index contributed by atoms with van der Waals surface area (Å²) in [6, 6.07) is 19.7. The number of carbonyl (C=O) groups is 3. The fourth-order valence-electron chi connectivity index (χ4n) is 4.70. The van der Waals surface area contributed by atoms with Crippen LogP contribution in [0.5, 0.6) is 0 Å². The van der Waals surface area contributed by atoms with Crippen molar-refractivity contribution in [1.82, 2.24) is 25.2 Å². The third kappa shape index (κ3) is 6.13. The molecule has 0 spiro atoms. The molecule has 0 radical (unpaired) electrons. The molecule has 0 aliphatic rings. The third-order valence-corrected chi connectivity index (χ3v) is 7.73. The maximum atomic E-state index is 13.7. The first-order chi connectivity index (χ1) is 20.3. The summed E-state index contributed by atoms with van der Waals surface area (Å²) >= 11 is 1.11. The van der Waals surface area contributed by atoms with Crippen LogP contribution in [0, 0.1) is 0 Å². The van der Waals surface area contributed by atoms with Gasteiger partial charge in [0.1, 0.15) is 12.1 Å². The number of nitrogens with zero attached hydrogens (tertiary/aromatic N) is 1. The second-order valence-electron chi connectivity index (χ2n) is 9.52. The highest BCUT2D eigenvalue weighted by molar-refractivity contribution is 7.99. The Bertz CT molecular complexity index is 1880. The van der Waals surface area contributed by atoms with E-state index in [-0.39, 0.29) is 29.3 Å². The van der Waals surface area contributed by atoms with Crippen molar-refractivity contribution in [3.05, 3.63) is 117 Å². The van der Waals surface area contributed by atoms with Gasteiger partial charge in [-0.25, -0.2) is 14.2 Å². The number of carboxylic acid groups (broad SMARTS) is 1. The number of aromatic amines is 2. The van der Waals surface area contributed by atoms with Crippen LogP contribution in [0.25, 0.3) is 21.8 Å². The molecule has 2 amide bonds. The van der Waals surface area contributed by atoms with Crippen molar-refractivity contribution in [3.63, 3.8) is 0 Å². The molecule has 2 unspecified atom stereocenters. The molecule has 2 heterocycles. The fourth-order valence-corrected chi connectivity index (χ4v) is 5.51. The van der Waals surface area contributed by atoms with Gasteiger partial charge in [-0.15, -0.1) is 11.8 Å². The summed E-state index contributed by atoms with van der Waals surface area (Å²) in [5, 5.41) is 16.1. The number of thioether (sulfide) groups is 1. The third-order valence-electron chi connectivity index (χ3n) is 6.81. The zero-order valence-electron chi connectivity index (χ0n) is 22.2. The van der Waals surface area contributed by atoms with Gasteiger partial charge in [0.15, 0.2) is 0 Å². The second-order valence-corrected chi connectivity index (χ2v) is 10.5. The highest BCUT2D eigenvalue weighted by Gasteiger charge is 2.30. The van der Waals surface area contributed by atoms with E-state index in [0.29, 0.717) is 16.6 Å². The lowest BCUT2D eigenvalue weighted by atomic mass is 10.0. The number of carboxylic acids is 1. The minimum Gasteiger partial charge on any atom is -0.480 e. The van der Waals surface area contributed by atoms with Gasteiger partial charge in [-0.05, 0) is 35.9 Å². The van der Waals surface area contributed by atoms with E-state index in [9.17, 15) is 29.1 Å². The Morgan fingerprint density at radius 1 is 0.881 bits per heavy atom. The number of aromatic nitrogens is 3. The lowest BCUT2D eigenvalue weighted by Gasteiger charge is -2.22. The van der Waals surface area contributed by atoms with Crippen LogP contribution in [0.1, 0.15) is 22.0 Å². The molecular formula is C30H27N5O6S. The molecule has 0 aliphatic heterocycles. The minimum absolute atomic E-state index is 0.0518. The Balaban J connectivity index is 1.39. The molecule has 42 heavy (non-hydrogen) atoms. The highest BCUT2D eigenvalue weighted by atomic mass is 32.2. The molecule has 5 N–H and O–H groups in total. The molecule has 11 nitrogen and oxygen atoms in total. The van der Waals surface area contributed by atoms with Gasteiger partial charge in [-0.1, -0.05) is 48.5 Å². The molecule has 0 aliphatic carbocycles. The Morgan fingerprint density at radius 3 is 2.29 bits per heavy atom. The van der Waals surface area contributed by atoms with E-state index in [1.165, 1.54) is 0 Å². The maximum Gasteiger partial charge on any atom is 0.329 e. The Kier molecular flexibility index (Phi) is 8.53. The van der Waals surface area contributed by atoms with E-state index in [4.69, 9.17) is 0 Å². The van der Waals surface area contributed by atoms with Crippen LogP contribution < -0.4 is 21.9 Å². The van der Waals surface area contributed by atoms with E-state index in [0.717, 1.165) is 27.2 Å². The van der Waals surface area contributed by atoms with E-state index in [1.54, 1.807) is 60.8 Å². The summed E-state index contributed by atoms with van der Waals surface area (Å²) in [5.41, 5.74) is 0.821. The monoisotopic (exact) mass is 585 g/mol. The molecule has 0 saturated carbocycles. The van der Waals surface area contributed by atoms with Gasteiger partial charge in [0.2, 0.25) is 5.91 Å². The van der Waals surface area contributed by atoms with Crippen molar-refractivity contribution in [2.24, 2.45) is 0 Å². The number of nitrogens with one attached hydrogen (secondary N) is 4. The summed E-state index contributed by atoms with van der Waals surface area (Å²) < 4.78 is 0.839. The lowest BCUT2D eigenvalue weighted by molar-refractivity contribution is -0.141. The van der Waals surface area contributed by atoms with Gasteiger partial charge < -0.3 is 25.7 Å². The first-order valence-corrected chi connectivity index (χ1v) is 14.2. The van der Waals surface area contributed by atoms with Crippen LogP contribution in [0.4, 0.5) is 0 Å². The number of para-hydroxylation sites is 2. The van der Waals surface area contributed by atoms with Crippen LogP contribution >= 0.6 is 11.8 Å². The van der Waals surface area contributed by atoms with Crippen LogP contribution in [0.15, 0.2) is 94.6 Å². The van der Waals surface area contributed by atoms with Crippen molar-refractivity contribution >= 4 is 51.4 Å². The topological polar surface area (TPSA) is 166 Å². The molecule has 0 bridgehead atoms. The highest BCUT2D eigenvalue weighted by Crippen LogP contribution is 2.23. The van der Waals surface area contributed by atoms with Gasteiger partial charge >= 0.3 is 11.7 Å². The summed E-state index contributed by atoms with van der Waals surface area (Å²) in [5.74, 6) is -2.37. The van der Waals surface area contributed by atoms with Crippen molar-refractivity contribution in [3.8, 4) is 0 Å². The lowest BCUT2D eigenvalue weighted by Crippen LogP contribution is -2.50. The van der Waals surface area contributed by atoms with Crippen molar-refractivity contribution in [1.29, 1.82) is 0 Å². The minimum atomic E-state index is -1.35. The normalized spacial score (nSPS) is 12.6. The number of H-pyrrole nitrogens is 2. The average molecular weight is 586 g/mol. The largest absolute Gasteiger partial charge is 0.480 e. The Labute approximate surface area is 243 Å². The number of aliphatic carboxylic acids is 1. The number of hydrogen-bond acceptors (Lipinski definition) is 6. The average Bonchev–Trinajstić information content (AvgIpc) is 3.41. The van der Waals surface area contributed by atoms with Crippen LogP contribution in [0.2, 0.25) is 0 Å². The second kappa shape index (κ2) is 12.6. The maximum absolute atomic E-state index is 13.7. The van der Waals surface area contributed by atoms with Gasteiger partial charge in [0.25, 0.3) is 11.5 Å². The number of rotatable bonds is 11. The van der Waals surface area contributed by atoms with E-state index in [2.05, 4.69) is 20.6 Å². The first kappa shape index (κ1) is 28.4. The van der Waals surface area contributed by atoms with E-state index >= 15 is 0 Å². The van der Waals surface area contributed by atoms with Crippen LogP contribution in [-0.4, -0.2) is 55.1 Å². The zero-order chi connectivity index (χ0) is 29.6. The van der Waals surface area contributed by atoms with Crippen LogP contribution in [-0.2, 0) is 16.0 Å². The predicted molar refractivity (Wildman–Crippen MR) is 161 cm³/mol. The molecule has 12 heteroatoms. The molecule has 2 aromatic heterocycles. The quantitative estimate of drug-likeness (QED) is 0.117. The SMILES string of the molecule is O=C(NCSCC(NC(=O)C(Cc1c[nH]c2ccccc12)n1c(=O)[nH]c2ccccc2c1=O)C(=O)O)c1ccccc1. The molecule has 214 valence electrons. The number of hydrogen-bond donors (Lipinski definition) is 5. The van der Waals surface area contributed by atoms with Gasteiger partial charge in [-0.2, -0.15) is 0 Å². The smallest absolute Gasteiger partial charge is 0.329 e. The number of benzene rings is 3. The molecule has 3 aromatic carbocycles. The predicted octanol–water partition coefficient (Wildman–Crippen LogP) is 2.64. The number of fused-ring (bicyclic) bond motifs is 2. The van der Waals surface area contributed by atoms with Crippen molar-refractivity contribution in [2.45, 2.75) is 18.5 Å². The molecular weight excluding hydrogens is 558 g/mol. The summed E-state index contributed by atoms with van der Waals surface area (Å²) in [4.78, 5) is 70.5. The zero-order valence-corrected chi connectivity index (χ0v) is 23.0. The Hall–Kier alpha value is -5.10. The molecule has 2 atom stereocenters. The van der Waals surface area contributed by atoms with Gasteiger partial charge in [0.05, 0.1) is 16.8 Å². The number of amides is 2.